The first-order chi connectivity index (χ1) is 18.4. The van der Waals surface area contributed by atoms with Crippen molar-refractivity contribution in [1.29, 1.82) is 0 Å². The molecule has 0 spiro atoms. The normalized spacial score (nSPS) is 14.9. The van der Waals surface area contributed by atoms with Gasteiger partial charge in [0.2, 0.25) is 11.9 Å². The van der Waals surface area contributed by atoms with E-state index in [0.717, 1.165) is 12.2 Å². The Balaban J connectivity index is 1.32. The van der Waals surface area contributed by atoms with Crippen LogP contribution in [0.1, 0.15) is 12.1 Å². The maximum absolute atomic E-state index is 13.3. The number of fused-ring (bicyclic) bond motifs is 1. The molecule has 9 nitrogen and oxygen atoms in total. The number of nitrogens with one attached hydrogen (secondary N) is 1. The lowest BCUT2D eigenvalue weighted by Crippen LogP contribution is -2.36. The molecule has 1 saturated heterocycles. The van der Waals surface area contributed by atoms with Crippen LogP contribution >= 0.6 is 11.6 Å². The lowest BCUT2D eigenvalue weighted by atomic mass is 10.2. The van der Waals surface area contributed by atoms with E-state index < -0.39 is 5.95 Å². The third-order valence-corrected chi connectivity index (χ3v) is 6.66. The molecule has 1 aromatic carbocycles. The Kier molecular flexibility index (Phi) is 7.32. The van der Waals surface area contributed by atoms with E-state index in [4.69, 9.17) is 21.3 Å². The van der Waals surface area contributed by atoms with Gasteiger partial charge in [0.05, 0.1) is 16.2 Å². The number of likely N-dealkylation sites (tertiary alicyclic amines) is 1. The van der Waals surface area contributed by atoms with E-state index in [0.29, 0.717) is 52.1 Å². The Labute approximate surface area is 224 Å². The van der Waals surface area contributed by atoms with Crippen LogP contribution in [0.3, 0.4) is 0 Å². The van der Waals surface area contributed by atoms with Gasteiger partial charge in [0, 0.05) is 31.9 Å². The number of anilines is 3. The number of hydrogen-bond acceptors (Lipinski definition) is 8. The number of pyridine rings is 2. The molecule has 0 bridgehead atoms. The maximum Gasteiger partial charge on any atom is 0.246 e. The summed E-state index contributed by atoms with van der Waals surface area (Å²) in [6.07, 6.45) is 3.66. The molecule has 1 unspecified atom stereocenters. The Bertz CT molecular complexity index is 1500. The van der Waals surface area contributed by atoms with Gasteiger partial charge in [-0.2, -0.15) is 4.39 Å². The van der Waals surface area contributed by atoms with Crippen molar-refractivity contribution < 1.29 is 13.9 Å². The number of aromatic nitrogens is 4. The predicted octanol–water partition coefficient (Wildman–Crippen LogP) is 4.76. The molecule has 1 amide bonds. The zero-order chi connectivity index (χ0) is 26.6. The van der Waals surface area contributed by atoms with Gasteiger partial charge in [-0.05, 0) is 55.0 Å². The van der Waals surface area contributed by atoms with Crippen molar-refractivity contribution in [2.24, 2.45) is 0 Å². The van der Waals surface area contributed by atoms with Crippen molar-refractivity contribution in [2.45, 2.75) is 19.1 Å². The predicted molar refractivity (Wildman–Crippen MR) is 144 cm³/mol. The monoisotopic (exact) mass is 533 g/mol. The minimum atomic E-state index is -0.565. The zero-order valence-corrected chi connectivity index (χ0v) is 21.4. The van der Waals surface area contributed by atoms with Crippen LogP contribution in [0, 0.1) is 5.95 Å². The molecule has 38 heavy (non-hydrogen) atoms. The molecular formula is C27H25ClFN7O2. The smallest absolute Gasteiger partial charge is 0.246 e. The number of carbonyl (C=O) groups excluding carboxylic acids is 1. The average molecular weight is 534 g/mol. The van der Waals surface area contributed by atoms with Crippen LogP contribution in [0.5, 0.6) is 5.75 Å². The van der Waals surface area contributed by atoms with Crippen molar-refractivity contribution in [2.75, 3.05) is 30.4 Å². The van der Waals surface area contributed by atoms with Gasteiger partial charge in [-0.3, -0.25) is 4.79 Å². The molecule has 1 aliphatic rings. The summed E-state index contributed by atoms with van der Waals surface area (Å²) < 4.78 is 19.0. The largest absolute Gasteiger partial charge is 0.486 e. The highest BCUT2D eigenvalue weighted by molar-refractivity contribution is 6.32. The van der Waals surface area contributed by atoms with Crippen LogP contribution in [0.15, 0.2) is 67.5 Å². The second-order valence-corrected chi connectivity index (χ2v) is 9.22. The first kappa shape index (κ1) is 25.3. The van der Waals surface area contributed by atoms with Gasteiger partial charge in [0.1, 0.15) is 30.0 Å². The summed E-state index contributed by atoms with van der Waals surface area (Å²) in [6, 6.07) is 13.7. The molecular weight excluding hydrogens is 509 g/mol. The van der Waals surface area contributed by atoms with E-state index in [1.807, 2.05) is 19.2 Å². The molecule has 1 aliphatic heterocycles. The third kappa shape index (κ3) is 5.50. The van der Waals surface area contributed by atoms with Crippen LogP contribution in [-0.2, 0) is 11.4 Å². The van der Waals surface area contributed by atoms with Crippen LogP contribution in [0.2, 0.25) is 5.02 Å². The molecule has 0 saturated carbocycles. The summed E-state index contributed by atoms with van der Waals surface area (Å²) in [5, 5.41) is 3.64. The quantitative estimate of drug-likeness (QED) is 0.256. The van der Waals surface area contributed by atoms with Gasteiger partial charge < -0.3 is 19.9 Å². The lowest BCUT2D eigenvalue weighted by Gasteiger charge is -2.26. The van der Waals surface area contributed by atoms with E-state index in [1.165, 1.54) is 18.5 Å². The SMILES string of the molecule is C=CC(=O)N1CCC(N(C)c2ccc3ncnc(Nc4ccc(OCc5cccc(F)n5)c(Cl)c4)c3n2)C1. The van der Waals surface area contributed by atoms with Crippen molar-refractivity contribution in [3.63, 3.8) is 0 Å². The molecule has 194 valence electrons. The van der Waals surface area contributed by atoms with E-state index >= 15 is 0 Å². The van der Waals surface area contributed by atoms with Crippen LogP contribution in [0.25, 0.3) is 11.0 Å². The molecule has 1 N–H and O–H groups in total. The standard InChI is InChI=1S/C27H25ClFN7O2/c1-3-25(37)36-12-11-19(14-36)35(2)24-10-8-21-26(34-24)27(31-16-30-21)33-17-7-9-22(20(28)13-17)38-15-18-5-4-6-23(29)32-18/h3-10,13,16,19H,1,11-12,14-15H2,2H3,(H,30,31,33). The van der Waals surface area contributed by atoms with Crippen LogP contribution < -0.4 is 15.0 Å². The number of amides is 1. The summed E-state index contributed by atoms with van der Waals surface area (Å²) >= 11 is 6.45. The summed E-state index contributed by atoms with van der Waals surface area (Å²) in [5.41, 5.74) is 2.42. The summed E-state index contributed by atoms with van der Waals surface area (Å²) in [5.74, 6) is 1.09. The lowest BCUT2D eigenvalue weighted by molar-refractivity contribution is -0.125. The Morgan fingerprint density at radius 1 is 1.26 bits per heavy atom. The van der Waals surface area contributed by atoms with E-state index in [1.54, 1.807) is 35.2 Å². The summed E-state index contributed by atoms with van der Waals surface area (Å²) in [6.45, 7) is 4.96. The summed E-state index contributed by atoms with van der Waals surface area (Å²) in [7, 11) is 1.97. The fraction of sp³-hybridized carbons (Fsp3) is 0.222. The number of rotatable bonds is 8. The Hall–Kier alpha value is -4.31. The molecule has 11 heteroatoms. The van der Waals surface area contributed by atoms with E-state index in [2.05, 4.69) is 31.7 Å². The first-order valence-corrected chi connectivity index (χ1v) is 12.4. The van der Waals surface area contributed by atoms with Crippen molar-refractivity contribution >= 4 is 45.9 Å². The molecule has 1 fully saturated rings. The third-order valence-electron chi connectivity index (χ3n) is 6.37. The number of halogens is 2. The fourth-order valence-corrected chi connectivity index (χ4v) is 4.54. The minimum absolute atomic E-state index is 0.0621. The van der Waals surface area contributed by atoms with Gasteiger partial charge in [-0.1, -0.05) is 24.2 Å². The Morgan fingerprint density at radius 2 is 2.13 bits per heavy atom. The maximum atomic E-state index is 13.3. The van der Waals surface area contributed by atoms with Crippen LogP contribution in [-0.4, -0.2) is 56.9 Å². The van der Waals surface area contributed by atoms with Gasteiger partial charge in [0.15, 0.2) is 5.82 Å². The molecule has 1 atom stereocenters. The average Bonchev–Trinajstić information content (AvgIpc) is 3.42. The van der Waals surface area contributed by atoms with Gasteiger partial charge >= 0.3 is 0 Å². The topological polar surface area (TPSA) is 96.4 Å². The number of carbonyl (C=O) groups is 1. The first-order valence-electron chi connectivity index (χ1n) is 12.0. The van der Waals surface area contributed by atoms with E-state index in [9.17, 15) is 9.18 Å². The second kappa shape index (κ2) is 11.0. The van der Waals surface area contributed by atoms with Crippen molar-refractivity contribution in [3.05, 3.63) is 84.2 Å². The van der Waals surface area contributed by atoms with Crippen molar-refractivity contribution in [1.82, 2.24) is 24.8 Å². The number of benzene rings is 1. The zero-order valence-electron chi connectivity index (χ0n) is 20.6. The highest BCUT2D eigenvalue weighted by Gasteiger charge is 2.28. The molecule has 0 aliphatic carbocycles. The number of ether oxygens (including phenoxy) is 1. The van der Waals surface area contributed by atoms with Gasteiger partial charge in [0.25, 0.3) is 0 Å². The molecule has 4 heterocycles. The molecule has 5 rings (SSSR count). The minimum Gasteiger partial charge on any atom is -0.486 e. The molecule has 0 radical (unpaired) electrons. The van der Waals surface area contributed by atoms with Crippen LogP contribution in [0.4, 0.5) is 21.7 Å². The van der Waals surface area contributed by atoms with Gasteiger partial charge in [-0.25, -0.2) is 19.9 Å². The van der Waals surface area contributed by atoms with Gasteiger partial charge in [-0.15, -0.1) is 0 Å². The second-order valence-electron chi connectivity index (χ2n) is 8.81. The fourth-order valence-electron chi connectivity index (χ4n) is 4.31. The number of likely N-dealkylation sites (N-methyl/N-ethyl adjacent to an activating group) is 1. The Morgan fingerprint density at radius 3 is 2.92 bits per heavy atom. The van der Waals surface area contributed by atoms with E-state index in [-0.39, 0.29) is 18.6 Å². The number of hydrogen-bond donors (Lipinski definition) is 1. The molecule has 4 aromatic rings. The molecule has 3 aromatic heterocycles. The highest BCUT2D eigenvalue weighted by Crippen LogP contribution is 2.31. The summed E-state index contributed by atoms with van der Waals surface area (Å²) in [4.78, 5) is 33.2. The van der Waals surface area contributed by atoms with Crippen molar-refractivity contribution in [3.8, 4) is 5.75 Å². The highest BCUT2D eigenvalue weighted by atomic mass is 35.5. The number of nitrogens with zero attached hydrogens (tertiary/aromatic N) is 6.